The van der Waals surface area contributed by atoms with Crippen LogP contribution in [0.15, 0.2) is 59.5 Å². The minimum atomic E-state index is -0.534. The monoisotopic (exact) mass is 382 g/mol. The van der Waals surface area contributed by atoms with Gasteiger partial charge in [-0.25, -0.2) is 4.39 Å². The van der Waals surface area contributed by atoms with Gasteiger partial charge in [0.25, 0.3) is 0 Å². The summed E-state index contributed by atoms with van der Waals surface area (Å²) >= 11 is 0. The highest BCUT2D eigenvalue weighted by molar-refractivity contribution is 5.94. The molecule has 2 aromatic carbocycles. The molecule has 0 radical (unpaired) electrons. The molecule has 0 saturated heterocycles. The number of carbonyl (C=O) groups excluding carboxylic acids is 2. The number of nitrogens with zero attached hydrogens (tertiary/aromatic N) is 3. The molecule has 0 spiro atoms. The largest absolute Gasteiger partial charge is 0.370 e. The van der Waals surface area contributed by atoms with Gasteiger partial charge in [-0.1, -0.05) is 12.1 Å². The van der Waals surface area contributed by atoms with Gasteiger partial charge in [0.15, 0.2) is 0 Å². The van der Waals surface area contributed by atoms with Crippen molar-refractivity contribution in [2.45, 2.75) is 19.4 Å². The van der Waals surface area contributed by atoms with Crippen molar-refractivity contribution in [2.24, 2.45) is 5.73 Å². The fraction of sp³-hybridized carbons (Fsp3) is 0.200. The molecule has 2 amide bonds. The number of carbonyl (C=O) groups is 2. The molecule has 1 aromatic heterocycles. The van der Waals surface area contributed by atoms with Crippen molar-refractivity contribution in [3.63, 3.8) is 0 Å². The number of aryl methyl sites for hydroxylation is 1. The van der Waals surface area contributed by atoms with Crippen LogP contribution in [0.3, 0.4) is 0 Å². The third-order valence-electron chi connectivity index (χ3n) is 4.32. The number of fused-ring (bicyclic) bond motifs is 1. The second-order valence-corrected chi connectivity index (χ2v) is 6.24. The van der Waals surface area contributed by atoms with Gasteiger partial charge in [0.05, 0.1) is 18.3 Å². The van der Waals surface area contributed by atoms with Crippen LogP contribution < -0.4 is 16.1 Å². The molecule has 0 aliphatic carbocycles. The Hall–Kier alpha value is -3.55. The minimum absolute atomic E-state index is 0.0116. The van der Waals surface area contributed by atoms with Gasteiger partial charge in [-0.2, -0.15) is 5.10 Å². The van der Waals surface area contributed by atoms with Crippen LogP contribution in [0.1, 0.15) is 12.8 Å². The summed E-state index contributed by atoms with van der Waals surface area (Å²) in [4.78, 5) is 37.3. The Bertz CT molecular complexity index is 1060. The first kappa shape index (κ1) is 19.2. The van der Waals surface area contributed by atoms with Crippen LogP contribution in [0.25, 0.3) is 10.9 Å². The van der Waals surface area contributed by atoms with Gasteiger partial charge in [0.2, 0.25) is 17.2 Å². The fourth-order valence-electron chi connectivity index (χ4n) is 2.92. The summed E-state index contributed by atoms with van der Waals surface area (Å²) in [6.45, 7) is 0.339. The van der Waals surface area contributed by atoms with Gasteiger partial charge >= 0.3 is 0 Å². The molecular formula is C20H19FN4O3. The van der Waals surface area contributed by atoms with Gasteiger partial charge in [0, 0.05) is 30.5 Å². The normalized spacial score (nSPS) is 10.8. The Morgan fingerprint density at radius 3 is 2.50 bits per heavy atom. The number of amides is 2. The van der Waals surface area contributed by atoms with E-state index >= 15 is 0 Å². The zero-order chi connectivity index (χ0) is 20.1. The Balaban J connectivity index is 1.80. The van der Waals surface area contributed by atoms with Gasteiger partial charge in [-0.3, -0.25) is 19.1 Å². The van der Waals surface area contributed by atoms with E-state index in [1.807, 2.05) is 0 Å². The van der Waals surface area contributed by atoms with E-state index in [0.717, 1.165) is 0 Å². The number of benzene rings is 2. The number of primary amides is 1. The maximum atomic E-state index is 13.2. The zero-order valence-electron chi connectivity index (χ0n) is 15.0. The predicted molar refractivity (Wildman–Crippen MR) is 103 cm³/mol. The van der Waals surface area contributed by atoms with Crippen LogP contribution in [-0.4, -0.2) is 28.1 Å². The van der Waals surface area contributed by atoms with Crippen LogP contribution in [0.2, 0.25) is 0 Å². The average molecular weight is 382 g/mol. The second-order valence-electron chi connectivity index (χ2n) is 6.24. The third-order valence-corrected chi connectivity index (χ3v) is 4.32. The number of rotatable bonds is 7. The first-order valence-electron chi connectivity index (χ1n) is 8.75. The van der Waals surface area contributed by atoms with Crippen molar-refractivity contribution >= 4 is 28.4 Å². The maximum absolute atomic E-state index is 13.2. The molecule has 0 unspecified atom stereocenters. The van der Waals surface area contributed by atoms with Crippen molar-refractivity contribution in [3.8, 4) is 0 Å². The lowest BCUT2D eigenvalue weighted by Gasteiger charge is -2.22. The molecule has 8 heteroatoms. The maximum Gasteiger partial charge on any atom is 0.228 e. The molecule has 3 aromatic rings. The first-order valence-corrected chi connectivity index (χ1v) is 8.75. The van der Waals surface area contributed by atoms with E-state index in [2.05, 4.69) is 5.10 Å². The number of nitrogens with two attached hydrogens (primary N) is 1. The van der Waals surface area contributed by atoms with E-state index in [1.54, 1.807) is 28.9 Å². The lowest BCUT2D eigenvalue weighted by atomic mass is 10.2. The predicted octanol–water partition coefficient (Wildman–Crippen LogP) is 1.83. The highest BCUT2D eigenvalue weighted by atomic mass is 19.1. The van der Waals surface area contributed by atoms with E-state index < -0.39 is 11.7 Å². The summed E-state index contributed by atoms with van der Waals surface area (Å²) in [5.41, 5.74) is 6.13. The molecule has 3 rings (SSSR count). The van der Waals surface area contributed by atoms with E-state index in [9.17, 15) is 18.8 Å². The van der Waals surface area contributed by atoms with Gasteiger partial charge in [0.1, 0.15) is 5.82 Å². The van der Waals surface area contributed by atoms with Crippen molar-refractivity contribution in [1.29, 1.82) is 0 Å². The molecule has 0 bridgehead atoms. The summed E-state index contributed by atoms with van der Waals surface area (Å²) < 4.78 is 14.8. The zero-order valence-corrected chi connectivity index (χ0v) is 15.0. The molecular weight excluding hydrogens is 363 g/mol. The standard InChI is InChI=1S/C20H19FN4O3/c21-14-5-7-15(8-6-14)24(11-9-19(22)27)20(28)10-12-25-17-4-2-1-3-16(17)18(26)13-23-25/h1-8,13H,9-12H2,(H2,22,27). The van der Waals surface area contributed by atoms with E-state index in [-0.39, 0.29) is 37.3 Å². The van der Waals surface area contributed by atoms with Gasteiger partial charge < -0.3 is 10.6 Å². The molecule has 2 N–H and O–H groups in total. The highest BCUT2D eigenvalue weighted by Crippen LogP contribution is 2.17. The Morgan fingerprint density at radius 2 is 1.79 bits per heavy atom. The van der Waals surface area contributed by atoms with Gasteiger partial charge in [-0.15, -0.1) is 0 Å². The SMILES string of the molecule is NC(=O)CCN(C(=O)CCn1ncc(=O)c2ccccc21)c1ccc(F)cc1. The molecule has 7 nitrogen and oxygen atoms in total. The van der Waals surface area contributed by atoms with Crippen LogP contribution in [0.4, 0.5) is 10.1 Å². The Morgan fingerprint density at radius 1 is 1.07 bits per heavy atom. The smallest absolute Gasteiger partial charge is 0.228 e. The lowest BCUT2D eigenvalue weighted by molar-refractivity contribution is -0.119. The average Bonchev–Trinajstić information content (AvgIpc) is 2.69. The lowest BCUT2D eigenvalue weighted by Crippen LogP contribution is -2.34. The molecule has 0 atom stereocenters. The number of para-hydroxylation sites is 1. The van der Waals surface area contributed by atoms with Crippen molar-refractivity contribution in [2.75, 3.05) is 11.4 Å². The van der Waals surface area contributed by atoms with Crippen molar-refractivity contribution in [1.82, 2.24) is 9.78 Å². The van der Waals surface area contributed by atoms with Crippen molar-refractivity contribution < 1.29 is 14.0 Å². The highest BCUT2D eigenvalue weighted by Gasteiger charge is 2.17. The van der Waals surface area contributed by atoms with E-state index in [4.69, 9.17) is 5.73 Å². The number of hydrogen-bond donors (Lipinski definition) is 1. The van der Waals surface area contributed by atoms with E-state index in [0.29, 0.717) is 16.6 Å². The Labute approximate surface area is 160 Å². The molecule has 28 heavy (non-hydrogen) atoms. The molecule has 0 aliphatic rings. The minimum Gasteiger partial charge on any atom is -0.370 e. The number of halogens is 1. The van der Waals surface area contributed by atoms with Gasteiger partial charge in [-0.05, 0) is 36.4 Å². The van der Waals surface area contributed by atoms with Crippen LogP contribution in [-0.2, 0) is 16.1 Å². The summed E-state index contributed by atoms with van der Waals surface area (Å²) in [5.74, 6) is -1.22. The number of anilines is 1. The van der Waals surface area contributed by atoms with Crippen LogP contribution >= 0.6 is 0 Å². The quantitative estimate of drug-likeness (QED) is 0.674. The van der Waals surface area contributed by atoms with Crippen molar-refractivity contribution in [3.05, 3.63) is 70.8 Å². The van der Waals surface area contributed by atoms with Crippen LogP contribution in [0, 0.1) is 5.82 Å². The molecule has 1 heterocycles. The Kier molecular flexibility index (Phi) is 5.78. The van der Waals surface area contributed by atoms with Crippen LogP contribution in [0.5, 0.6) is 0 Å². The fourth-order valence-corrected chi connectivity index (χ4v) is 2.92. The number of aromatic nitrogens is 2. The molecule has 0 fully saturated rings. The second kappa shape index (κ2) is 8.43. The summed E-state index contributed by atoms with van der Waals surface area (Å²) in [6, 6.07) is 12.5. The summed E-state index contributed by atoms with van der Waals surface area (Å²) in [7, 11) is 0. The summed E-state index contributed by atoms with van der Waals surface area (Å²) in [5, 5.41) is 4.63. The first-order chi connectivity index (χ1) is 13.5. The van der Waals surface area contributed by atoms with E-state index in [1.165, 1.54) is 35.4 Å². The molecule has 0 aliphatic heterocycles. The number of hydrogen-bond acceptors (Lipinski definition) is 4. The topological polar surface area (TPSA) is 98.3 Å². The third kappa shape index (κ3) is 4.40. The summed E-state index contributed by atoms with van der Waals surface area (Å²) in [6.07, 6.45) is 1.29. The molecule has 144 valence electrons. The molecule has 0 saturated carbocycles.